The molecule has 0 fully saturated rings. The van der Waals surface area contributed by atoms with Crippen LogP contribution in [0.5, 0.6) is 5.75 Å². The van der Waals surface area contributed by atoms with Gasteiger partial charge < -0.3 is 9.66 Å². The molecule has 0 radical (unpaired) electrons. The SMILES string of the molecule is O=S(=O)([O-])c1ccc2c(N=Nc3ccc4ccccc4c3S(=O)(=O)O)c([O-])ccc2c1.[Ba+2]. The second kappa shape index (κ2) is 9.21. The van der Waals surface area contributed by atoms with Crippen LogP contribution < -0.4 is 5.11 Å². The van der Waals surface area contributed by atoms with E-state index in [-0.39, 0.29) is 76.4 Å². The van der Waals surface area contributed by atoms with Crippen molar-refractivity contribution < 1.29 is 31.0 Å². The number of hydrogen-bond acceptors (Lipinski definition) is 8. The summed E-state index contributed by atoms with van der Waals surface area (Å²) in [5, 5.41) is 21.4. The summed E-state index contributed by atoms with van der Waals surface area (Å²) in [5.41, 5.74) is -0.363. The zero-order chi connectivity index (χ0) is 22.4. The van der Waals surface area contributed by atoms with Crippen molar-refractivity contribution in [2.24, 2.45) is 10.2 Å². The monoisotopic (exact) mass is 594 g/mol. The molecule has 4 aromatic carbocycles. The third-order valence-electron chi connectivity index (χ3n) is 4.59. The van der Waals surface area contributed by atoms with Crippen LogP contribution in [0.2, 0.25) is 0 Å². The second-order valence-corrected chi connectivity index (χ2v) is 9.30. The fraction of sp³-hybridized carbons (Fsp3) is 0. The average molecular weight is 594 g/mol. The molecule has 0 aliphatic heterocycles. The van der Waals surface area contributed by atoms with Gasteiger partial charge >= 0.3 is 48.9 Å². The molecule has 0 unspecified atom stereocenters. The van der Waals surface area contributed by atoms with Gasteiger partial charge in [-0.15, -0.1) is 5.11 Å². The summed E-state index contributed by atoms with van der Waals surface area (Å²) in [6.07, 6.45) is 0. The number of nitrogens with zero attached hydrogens (tertiary/aromatic N) is 2. The third-order valence-corrected chi connectivity index (χ3v) is 6.37. The summed E-state index contributed by atoms with van der Waals surface area (Å²) in [6, 6.07) is 15.3. The fourth-order valence-corrected chi connectivity index (χ4v) is 4.56. The van der Waals surface area contributed by atoms with Gasteiger partial charge in [-0.05, 0) is 29.0 Å². The van der Waals surface area contributed by atoms with Crippen LogP contribution in [0, 0.1) is 0 Å². The van der Waals surface area contributed by atoms with Crippen LogP contribution >= 0.6 is 0 Å². The molecule has 158 valence electrons. The van der Waals surface area contributed by atoms with Crippen LogP contribution in [0.4, 0.5) is 11.4 Å². The predicted molar refractivity (Wildman–Crippen MR) is 115 cm³/mol. The molecule has 1 N–H and O–H groups in total. The molecule has 0 aromatic heterocycles. The molecule has 4 rings (SSSR count). The first-order valence-electron chi connectivity index (χ1n) is 8.66. The third kappa shape index (κ3) is 4.90. The summed E-state index contributed by atoms with van der Waals surface area (Å²) in [5.74, 6) is -0.553. The summed E-state index contributed by atoms with van der Waals surface area (Å²) in [4.78, 5) is -0.925. The average Bonchev–Trinajstić information content (AvgIpc) is 2.70. The molecule has 0 amide bonds. The van der Waals surface area contributed by atoms with Gasteiger partial charge in [-0.25, -0.2) is 8.42 Å². The minimum Gasteiger partial charge on any atom is -0.871 e. The molecule has 0 bridgehead atoms. The van der Waals surface area contributed by atoms with E-state index < -0.39 is 35.8 Å². The summed E-state index contributed by atoms with van der Waals surface area (Å²) in [6.45, 7) is 0. The quantitative estimate of drug-likeness (QED) is 0.216. The molecule has 0 atom stereocenters. The molecule has 0 heterocycles. The Labute approximate surface area is 223 Å². The first-order valence-corrected chi connectivity index (χ1v) is 11.5. The Morgan fingerprint density at radius 1 is 0.781 bits per heavy atom. The maximum atomic E-state index is 12.3. The second-order valence-electron chi connectivity index (χ2n) is 6.56. The van der Waals surface area contributed by atoms with Gasteiger partial charge in [0.2, 0.25) is 0 Å². The van der Waals surface area contributed by atoms with Crippen LogP contribution in [-0.4, -0.2) is 74.8 Å². The van der Waals surface area contributed by atoms with Crippen molar-refractivity contribution in [2.45, 2.75) is 9.79 Å². The van der Waals surface area contributed by atoms with Crippen LogP contribution in [-0.2, 0) is 20.2 Å². The Morgan fingerprint density at radius 3 is 2.16 bits per heavy atom. The number of azo groups is 1. The van der Waals surface area contributed by atoms with E-state index in [9.17, 15) is 31.0 Å². The molecule has 0 aliphatic carbocycles. The Hall–Kier alpha value is -1.81. The maximum absolute atomic E-state index is 12.3. The normalized spacial score (nSPS) is 12.3. The van der Waals surface area contributed by atoms with E-state index >= 15 is 0 Å². The van der Waals surface area contributed by atoms with Gasteiger partial charge in [0.1, 0.15) is 20.7 Å². The van der Waals surface area contributed by atoms with Gasteiger partial charge in [-0.2, -0.15) is 13.5 Å². The maximum Gasteiger partial charge on any atom is 2.00 e. The summed E-state index contributed by atoms with van der Waals surface area (Å²) < 4.78 is 67.4. The van der Waals surface area contributed by atoms with Crippen LogP contribution in [0.25, 0.3) is 21.5 Å². The van der Waals surface area contributed by atoms with Crippen molar-refractivity contribution in [1.82, 2.24) is 0 Å². The zero-order valence-corrected chi connectivity index (χ0v) is 22.2. The van der Waals surface area contributed by atoms with Gasteiger partial charge in [0.15, 0.2) is 0 Å². The smallest absolute Gasteiger partial charge is 0.871 e. The van der Waals surface area contributed by atoms with E-state index in [0.717, 1.165) is 18.2 Å². The standard InChI is InChI=1S/C20H14N2O7S2.Ba/c23-18-10-6-13-11-14(30(24,25)26)7-8-15(13)19(18)22-21-17-9-5-12-3-1-2-4-16(12)20(17)31(27,28)29;/h1-11,23H,(H,24,25,26)(H,27,28,29);/q;+2/p-2. The van der Waals surface area contributed by atoms with Crippen molar-refractivity contribution in [3.63, 3.8) is 0 Å². The molecule has 0 aliphatic rings. The van der Waals surface area contributed by atoms with Crippen molar-refractivity contribution >= 4 is 102 Å². The van der Waals surface area contributed by atoms with Gasteiger partial charge in [0.25, 0.3) is 10.1 Å². The predicted octanol–water partition coefficient (Wildman–Crippen LogP) is 3.25. The molecular formula is C20H12BaN2O7S2. The van der Waals surface area contributed by atoms with Gasteiger partial charge in [-0.1, -0.05) is 54.3 Å². The first kappa shape index (κ1) is 24.8. The van der Waals surface area contributed by atoms with E-state index in [1.807, 2.05) is 0 Å². The molecule has 32 heavy (non-hydrogen) atoms. The van der Waals surface area contributed by atoms with Gasteiger partial charge in [0, 0.05) is 10.8 Å². The Kier molecular flexibility index (Phi) is 7.14. The van der Waals surface area contributed by atoms with E-state index in [1.165, 1.54) is 24.3 Å². The Morgan fingerprint density at radius 2 is 1.47 bits per heavy atom. The number of fused-ring (bicyclic) bond motifs is 2. The largest absolute Gasteiger partial charge is 2.00 e. The first-order chi connectivity index (χ1) is 14.6. The molecule has 12 heteroatoms. The van der Waals surface area contributed by atoms with Gasteiger partial charge in [-0.3, -0.25) is 4.55 Å². The minimum absolute atomic E-state index is 0. The van der Waals surface area contributed by atoms with Gasteiger partial charge in [0.05, 0.1) is 10.6 Å². The van der Waals surface area contributed by atoms with Crippen LogP contribution in [0.1, 0.15) is 0 Å². The molecule has 9 nitrogen and oxygen atoms in total. The van der Waals surface area contributed by atoms with Crippen molar-refractivity contribution in [2.75, 3.05) is 0 Å². The van der Waals surface area contributed by atoms with Crippen molar-refractivity contribution in [1.29, 1.82) is 0 Å². The topological polar surface area (TPSA) is 159 Å². The molecule has 0 spiro atoms. The summed E-state index contributed by atoms with van der Waals surface area (Å²) in [7, 11) is -9.36. The Balaban J connectivity index is 0.00000289. The zero-order valence-electron chi connectivity index (χ0n) is 16.2. The minimum atomic E-state index is -4.69. The molecular weight excluding hydrogens is 582 g/mol. The van der Waals surface area contributed by atoms with Crippen molar-refractivity contribution in [3.05, 3.63) is 66.7 Å². The van der Waals surface area contributed by atoms with E-state index in [1.54, 1.807) is 24.3 Å². The van der Waals surface area contributed by atoms with Crippen molar-refractivity contribution in [3.8, 4) is 5.75 Å². The van der Waals surface area contributed by atoms with E-state index in [2.05, 4.69) is 10.2 Å². The fourth-order valence-electron chi connectivity index (χ4n) is 3.22. The van der Waals surface area contributed by atoms with Crippen LogP contribution in [0.3, 0.4) is 0 Å². The Bertz CT molecular complexity index is 1600. The number of benzene rings is 4. The molecule has 0 saturated heterocycles. The number of hydrogen-bond donors (Lipinski definition) is 1. The van der Waals surface area contributed by atoms with E-state index in [0.29, 0.717) is 5.39 Å². The molecule has 4 aromatic rings. The number of rotatable bonds is 4. The van der Waals surface area contributed by atoms with E-state index in [4.69, 9.17) is 0 Å². The summed E-state index contributed by atoms with van der Waals surface area (Å²) >= 11 is 0. The molecule has 0 saturated carbocycles. The van der Waals surface area contributed by atoms with Crippen LogP contribution in [0.15, 0.2) is 86.7 Å².